The van der Waals surface area contributed by atoms with Crippen molar-refractivity contribution >= 4 is 0 Å². The number of rotatable bonds is 0. The van der Waals surface area contributed by atoms with E-state index in [1.54, 1.807) is 0 Å². The van der Waals surface area contributed by atoms with Gasteiger partial charge in [-0.05, 0) is 19.1 Å². The minimum absolute atomic E-state index is 0.0834. The van der Waals surface area contributed by atoms with Gasteiger partial charge in [0.05, 0.1) is 0 Å². The smallest absolute Gasteiger partial charge is 0.184 e. The van der Waals surface area contributed by atoms with Crippen molar-refractivity contribution < 1.29 is 9.47 Å². The monoisotopic (exact) mass is 165 g/mol. The first-order valence-electron chi connectivity index (χ1n) is 3.95. The lowest BCUT2D eigenvalue weighted by atomic mass is 10.2. The number of nitrogens with two attached hydrogens (primary N) is 1. The van der Waals surface area contributed by atoms with Gasteiger partial charge in [-0.15, -0.1) is 0 Å². The zero-order valence-corrected chi connectivity index (χ0v) is 6.86. The molecule has 0 radical (unpaired) electrons. The molecular weight excluding hydrogens is 154 g/mol. The van der Waals surface area contributed by atoms with Crippen molar-refractivity contribution in [3.63, 3.8) is 0 Å². The molecule has 1 aliphatic rings. The molecule has 0 aliphatic carbocycles. The van der Waals surface area contributed by atoms with Gasteiger partial charge in [0, 0.05) is 0 Å². The van der Waals surface area contributed by atoms with Gasteiger partial charge in [-0.2, -0.15) is 0 Å². The molecule has 1 aliphatic heterocycles. The lowest BCUT2D eigenvalue weighted by molar-refractivity contribution is 0.0356. The van der Waals surface area contributed by atoms with Gasteiger partial charge in [0.1, 0.15) is 6.10 Å². The molecule has 0 saturated heterocycles. The minimum atomic E-state index is -0.361. The van der Waals surface area contributed by atoms with Crippen molar-refractivity contribution in [3.05, 3.63) is 24.3 Å². The topological polar surface area (TPSA) is 44.5 Å². The van der Waals surface area contributed by atoms with E-state index >= 15 is 0 Å². The van der Waals surface area contributed by atoms with E-state index in [2.05, 4.69) is 0 Å². The van der Waals surface area contributed by atoms with E-state index in [-0.39, 0.29) is 12.3 Å². The average Bonchev–Trinajstić information content (AvgIpc) is 2.07. The number of para-hydroxylation sites is 2. The van der Waals surface area contributed by atoms with Crippen LogP contribution in [0.1, 0.15) is 6.92 Å². The molecule has 0 amide bonds. The van der Waals surface area contributed by atoms with Gasteiger partial charge in [-0.1, -0.05) is 12.1 Å². The second-order valence-electron chi connectivity index (χ2n) is 2.85. The standard InChI is InChI=1S/C9H11NO2/c1-6-9(10)12-8-5-3-2-4-7(8)11-6/h2-6,9H,10H2,1H3. The Morgan fingerprint density at radius 2 is 1.75 bits per heavy atom. The van der Waals surface area contributed by atoms with Crippen molar-refractivity contribution in [3.8, 4) is 11.5 Å². The largest absolute Gasteiger partial charge is 0.481 e. The zero-order valence-electron chi connectivity index (χ0n) is 6.86. The summed E-state index contributed by atoms with van der Waals surface area (Å²) in [5.41, 5.74) is 5.65. The van der Waals surface area contributed by atoms with Crippen molar-refractivity contribution in [2.24, 2.45) is 5.73 Å². The summed E-state index contributed by atoms with van der Waals surface area (Å²) in [5, 5.41) is 0. The summed E-state index contributed by atoms with van der Waals surface area (Å²) in [6.45, 7) is 1.89. The Hall–Kier alpha value is -1.22. The Bertz CT molecular complexity index is 259. The summed E-state index contributed by atoms with van der Waals surface area (Å²) in [6.07, 6.45) is -0.445. The SMILES string of the molecule is CC1Oc2ccccc2OC1N. The highest BCUT2D eigenvalue weighted by atomic mass is 16.6. The maximum Gasteiger partial charge on any atom is 0.184 e. The van der Waals surface area contributed by atoms with Crippen LogP contribution in [0.5, 0.6) is 11.5 Å². The van der Waals surface area contributed by atoms with E-state index in [4.69, 9.17) is 15.2 Å². The van der Waals surface area contributed by atoms with Crippen LogP contribution in [-0.4, -0.2) is 12.3 Å². The fourth-order valence-electron chi connectivity index (χ4n) is 1.15. The van der Waals surface area contributed by atoms with Gasteiger partial charge >= 0.3 is 0 Å². The molecule has 0 bridgehead atoms. The normalized spacial score (nSPS) is 26.8. The van der Waals surface area contributed by atoms with Crippen LogP contribution in [0.15, 0.2) is 24.3 Å². The number of hydrogen-bond acceptors (Lipinski definition) is 3. The quantitative estimate of drug-likeness (QED) is 0.626. The first-order valence-corrected chi connectivity index (χ1v) is 3.95. The summed E-state index contributed by atoms with van der Waals surface area (Å²) >= 11 is 0. The molecule has 64 valence electrons. The molecule has 2 atom stereocenters. The molecule has 1 aromatic rings. The van der Waals surface area contributed by atoms with Crippen molar-refractivity contribution in [2.45, 2.75) is 19.3 Å². The van der Waals surface area contributed by atoms with Crippen LogP contribution < -0.4 is 15.2 Å². The fraction of sp³-hybridized carbons (Fsp3) is 0.333. The molecule has 3 nitrogen and oxygen atoms in total. The average molecular weight is 165 g/mol. The van der Waals surface area contributed by atoms with E-state index < -0.39 is 0 Å². The van der Waals surface area contributed by atoms with Gasteiger partial charge in [0.25, 0.3) is 0 Å². The summed E-state index contributed by atoms with van der Waals surface area (Å²) in [7, 11) is 0. The van der Waals surface area contributed by atoms with Crippen LogP contribution in [-0.2, 0) is 0 Å². The van der Waals surface area contributed by atoms with Crippen molar-refractivity contribution in [1.29, 1.82) is 0 Å². The molecule has 2 rings (SSSR count). The molecule has 0 saturated carbocycles. The Morgan fingerprint density at radius 3 is 2.42 bits per heavy atom. The number of fused-ring (bicyclic) bond motifs is 1. The second kappa shape index (κ2) is 2.68. The molecule has 2 N–H and O–H groups in total. The maximum atomic E-state index is 5.65. The van der Waals surface area contributed by atoms with Gasteiger partial charge in [-0.25, -0.2) is 0 Å². The first kappa shape index (κ1) is 7.43. The van der Waals surface area contributed by atoms with E-state index in [1.165, 1.54) is 0 Å². The third kappa shape index (κ3) is 1.12. The van der Waals surface area contributed by atoms with Crippen molar-refractivity contribution in [2.75, 3.05) is 0 Å². The summed E-state index contributed by atoms with van der Waals surface area (Å²) in [4.78, 5) is 0. The number of ether oxygens (including phenoxy) is 2. The van der Waals surface area contributed by atoms with Gasteiger partial charge < -0.3 is 9.47 Å². The maximum absolute atomic E-state index is 5.65. The van der Waals surface area contributed by atoms with Crippen LogP contribution in [0.2, 0.25) is 0 Å². The van der Waals surface area contributed by atoms with E-state index in [9.17, 15) is 0 Å². The number of benzene rings is 1. The van der Waals surface area contributed by atoms with Crippen LogP contribution >= 0.6 is 0 Å². The third-order valence-electron chi connectivity index (χ3n) is 1.89. The highest BCUT2D eigenvalue weighted by molar-refractivity contribution is 5.40. The first-order chi connectivity index (χ1) is 5.77. The van der Waals surface area contributed by atoms with Crippen LogP contribution in [0, 0.1) is 0 Å². The lowest BCUT2D eigenvalue weighted by Gasteiger charge is -2.29. The Kier molecular flexibility index (Phi) is 1.66. The van der Waals surface area contributed by atoms with Crippen LogP contribution in [0.25, 0.3) is 0 Å². The van der Waals surface area contributed by atoms with Crippen molar-refractivity contribution in [1.82, 2.24) is 0 Å². The van der Waals surface area contributed by atoms with Crippen LogP contribution in [0.4, 0.5) is 0 Å². The van der Waals surface area contributed by atoms with Crippen LogP contribution in [0.3, 0.4) is 0 Å². The Labute approximate surface area is 71.1 Å². The van der Waals surface area contributed by atoms with Gasteiger partial charge in [0.2, 0.25) is 0 Å². The zero-order chi connectivity index (χ0) is 8.55. The number of hydrogen-bond donors (Lipinski definition) is 1. The summed E-state index contributed by atoms with van der Waals surface area (Å²) in [5.74, 6) is 1.50. The Morgan fingerprint density at radius 1 is 1.17 bits per heavy atom. The fourth-order valence-corrected chi connectivity index (χ4v) is 1.15. The molecule has 1 heterocycles. The lowest BCUT2D eigenvalue weighted by Crippen LogP contribution is -2.44. The molecule has 1 aromatic carbocycles. The van der Waals surface area contributed by atoms with Gasteiger partial charge in [-0.3, -0.25) is 5.73 Å². The molecule has 3 heteroatoms. The predicted octanol–water partition coefficient (Wildman–Crippen LogP) is 1.13. The highest BCUT2D eigenvalue weighted by Gasteiger charge is 2.23. The Balaban J connectivity index is 2.34. The molecule has 0 spiro atoms. The second-order valence-corrected chi connectivity index (χ2v) is 2.85. The third-order valence-corrected chi connectivity index (χ3v) is 1.89. The molecule has 0 fully saturated rings. The van der Waals surface area contributed by atoms with Gasteiger partial charge in [0.15, 0.2) is 17.7 Å². The van der Waals surface area contributed by atoms with E-state index in [1.807, 2.05) is 31.2 Å². The molecule has 12 heavy (non-hydrogen) atoms. The molecule has 2 unspecified atom stereocenters. The summed E-state index contributed by atoms with van der Waals surface area (Å²) in [6, 6.07) is 7.52. The molecule has 0 aromatic heterocycles. The molecular formula is C9H11NO2. The highest BCUT2D eigenvalue weighted by Crippen LogP contribution is 2.31. The van der Waals surface area contributed by atoms with E-state index in [0.29, 0.717) is 0 Å². The minimum Gasteiger partial charge on any atom is -0.481 e. The predicted molar refractivity (Wildman–Crippen MR) is 45.1 cm³/mol. The van der Waals surface area contributed by atoms with E-state index in [0.717, 1.165) is 11.5 Å². The summed E-state index contributed by atoms with van der Waals surface area (Å²) < 4.78 is 10.9.